The summed E-state index contributed by atoms with van der Waals surface area (Å²) < 4.78 is 16.2. The van der Waals surface area contributed by atoms with E-state index in [1.54, 1.807) is 34.6 Å². The zero-order valence-corrected chi connectivity index (χ0v) is 15.7. The lowest BCUT2D eigenvalue weighted by atomic mass is 10.1. The molecule has 6 nitrogen and oxygen atoms in total. The maximum absolute atomic E-state index is 12.4. The Morgan fingerprint density at radius 2 is 1.80 bits per heavy atom. The molecule has 25 heavy (non-hydrogen) atoms. The second-order valence-electron chi connectivity index (χ2n) is 6.73. The summed E-state index contributed by atoms with van der Waals surface area (Å²) in [6.07, 6.45) is -1.18. The first-order valence-corrected chi connectivity index (χ1v) is 8.48. The molecule has 1 rings (SSSR count). The Hall–Kier alpha value is -1.92. The number of ketones is 1. The Bertz CT molecular complexity index is 538. The van der Waals surface area contributed by atoms with Gasteiger partial charge < -0.3 is 19.5 Å². The van der Waals surface area contributed by atoms with Crippen molar-refractivity contribution in [3.05, 3.63) is 35.9 Å². The third kappa shape index (κ3) is 8.65. The Balaban J connectivity index is 2.71. The van der Waals surface area contributed by atoms with E-state index in [-0.39, 0.29) is 12.4 Å². The summed E-state index contributed by atoms with van der Waals surface area (Å²) in [5, 5.41) is 2.60. The van der Waals surface area contributed by atoms with Crippen molar-refractivity contribution >= 4 is 11.9 Å². The van der Waals surface area contributed by atoms with Crippen molar-refractivity contribution in [2.45, 2.75) is 59.0 Å². The van der Waals surface area contributed by atoms with Crippen molar-refractivity contribution < 1.29 is 23.8 Å². The molecular formula is C19H29NO5. The Morgan fingerprint density at radius 3 is 2.36 bits per heavy atom. The first-order chi connectivity index (χ1) is 11.7. The number of Topliss-reactive ketones (excluding diaryl/α,β-unsaturated/α-hetero) is 1. The molecule has 1 aromatic carbocycles. The van der Waals surface area contributed by atoms with E-state index in [2.05, 4.69) is 5.32 Å². The Kier molecular flexibility index (Phi) is 8.58. The number of hydrogen-bond donors (Lipinski definition) is 1. The molecular weight excluding hydrogens is 322 g/mol. The lowest BCUT2D eigenvalue weighted by Gasteiger charge is -2.26. The quantitative estimate of drug-likeness (QED) is 0.740. The number of benzene rings is 1. The van der Waals surface area contributed by atoms with Gasteiger partial charge >= 0.3 is 6.09 Å². The van der Waals surface area contributed by atoms with Crippen LogP contribution in [-0.2, 0) is 25.6 Å². The van der Waals surface area contributed by atoms with E-state index in [0.29, 0.717) is 13.2 Å². The summed E-state index contributed by atoms with van der Waals surface area (Å²) in [6.45, 7) is 9.51. The van der Waals surface area contributed by atoms with Crippen molar-refractivity contribution in [1.29, 1.82) is 0 Å². The molecule has 0 fully saturated rings. The van der Waals surface area contributed by atoms with E-state index in [1.807, 2.05) is 30.3 Å². The smallest absolute Gasteiger partial charge is 0.408 e. The van der Waals surface area contributed by atoms with Gasteiger partial charge in [0.25, 0.3) is 0 Å². The highest BCUT2D eigenvalue weighted by molar-refractivity contribution is 5.89. The topological polar surface area (TPSA) is 73.9 Å². The number of nitrogens with one attached hydrogen (secondary N) is 1. The molecule has 1 N–H and O–H groups in total. The minimum absolute atomic E-state index is 0.0873. The number of hydrogen-bond acceptors (Lipinski definition) is 5. The van der Waals surface area contributed by atoms with Gasteiger partial charge in [-0.2, -0.15) is 0 Å². The highest BCUT2D eigenvalue weighted by Crippen LogP contribution is 2.10. The second kappa shape index (κ2) is 10.2. The molecule has 0 bridgehead atoms. The van der Waals surface area contributed by atoms with Crippen LogP contribution >= 0.6 is 0 Å². The molecule has 140 valence electrons. The van der Waals surface area contributed by atoms with Crippen molar-refractivity contribution in [1.82, 2.24) is 5.32 Å². The maximum atomic E-state index is 12.4. The van der Waals surface area contributed by atoms with E-state index in [1.165, 1.54) is 0 Å². The highest BCUT2D eigenvalue weighted by atomic mass is 16.6. The summed E-state index contributed by atoms with van der Waals surface area (Å²) in [6, 6.07) is 8.78. The van der Waals surface area contributed by atoms with E-state index < -0.39 is 23.8 Å². The molecule has 0 radical (unpaired) electrons. The normalized spacial score (nSPS) is 13.8. The summed E-state index contributed by atoms with van der Waals surface area (Å²) in [5.74, 6) is -0.256. The lowest BCUT2D eigenvalue weighted by Crippen LogP contribution is -2.51. The van der Waals surface area contributed by atoms with Crippen molar-refractivity contribution in [3.63, 3.8) is 0 Å². The molecule has 1 aromatic rings. The largest absolute Gasteiger partial charge is 0.444 e. The van der Waals surface area contributed by atoms with Crippen LogP contribution in [0.4, 0.5) is 4.79 Å². The van der Waals surface area contributed by atoms with Crippen LogP contribution in [0.5, 0.6) is 0 Å². The van der Waals surface area contributed by atoms with E-state index in [4.69, 9.17) is 14.2 Å². The molecule has 6 heteroatoms. The lowest BCUT2D eigenvalue weighted by molar-refractivity contribution is -0.129. The van der Waals surface area contributed by atoms with Crippen LogP contribution in [0, 0.1) is 0 Å². The zero-order valence-electron chi connectivity index (χ0n) is 15.7. The van der Waals surface area contributed by atoms with E-state index in [0.717, 1.165) is 5.56 Å². The van der Waals surface area contributed by atoms with Gasteiger partial charge in [-0.3, -0.25) is 4.79 Å². The molecule has 0 unspecified atom stereocenters. The van der Waals surface area contributed by atoms with E-state index >= 15 is 0 Å². The van der Waals surface area contributed by atoms with Crippen LogP contribution < -0.4 is 5.32 Å². The third-order valence-electron chi connectivity index (χ3n) is 3.29. The summed E-state index contributed by atoms with van der Waals surface area (Å²) in [7, 11) is 0. The van der Waals surface area contributed by atoms with Crippen LogP contribution in [-0.4, -0.2) is 42.8 Å². The fourth-order valence-electron chi connectivity index (χ4n) is 2.08. The number of carbonyl (C=O) groups excluding carboxylic acids is 2. The molecule has 0 spiro atoms. The van der Waals surface area contributed by atoms with Gasteiger partial charge in [-0.15, -0.1) is 0 Å². The van der Waals surface area contributed by atoms with Gasteiger partial charge in [0.1, 0.15) is 18.2 Å². The zero-order chi connectivity index (χ0) is 18.9. The molecule has 0 saturated heterocycles. The molecule has 0 aliphatic rings. The van der Waals surface area contributed by atoms with Crippen LogP contribution in [0.1, 0.15) is 40.2 Å². The number of rotatable bonds is 9. The van der Waals surface area contributed by atoms with Gasteiger partial charge in [-0.25, -0.2) is 4.79 Å². The first kappa shape index (κ1) is 21.1. The minimum atomic E-state index is -0.842. The standard InChI is InChI=1S/C19H29NO5/c1-6-23-13-16(21)17(20-18(22)25-19(3,4)5)14(2)24-12-15-10-8-7-9-11-15/h7-11,14,17H,6,12-13H2,1-5H3,(H,20,22)/t14-,17+/m0/s1. The SMILES string of the molecule is CCOCC(=O)[C@H](NC(=O)OC(C)(C)C)[C@H](C)OCc1ccccc1. The molecule has 0 heterocycles. The van der Waals surface area contributed by atoms with Crippen molar-refractivity contribution in [3.8, 4) is 0 Å². The molecule has 2 atom stereocenters. The molecule has 0 aromatic heterocycles. The Morgan fingerprint density at radius 1 is 1.16 bits per heavy atom. The number of amides is 1. The highest BCUT2D eigenvalue weighted by Gasteiger charge is 2.29. The fourth-order valence-corrected chi connectivity index (χ4v) is 2.08. The fraction of sp³-hybridized carbons (Fsp3) is 0.579. The summed E-state index contributed by atoms with van der Waals surface area (Å²) in [5.41, 5.74) is 0.341. The van der Waals surface area contributed by atoms with Gasteiger partial charge in [-0.1, -0.05) is 30.3 Å². The average Bonchev–Trinajstić information content (AvgIpc) is 2.54. The summed E-state index contributed by atoms with van der Waals surface area (Å²) >= 11 is 0. The number of ether oxygens (including phenoxy) is 3. The molecule has 1 amide bonds. The maximum Gasteiger partial charge on any atom is 0.408 e. The monoisotopic (exact) mass is 351 g/mol. The molecule has 0 aliphatic carbocycles. The number of carbonyl (C=O) groups is 2. The van der Waals surface area contributed by atoms with Crippen LogP contribution in [0.25, 0.3) is 0 Å². The second-order valence-corrected chi connectivity index (χ2v) is 6.73. The molecule has 0 aliphatic heterocycles. The predicted molar refractivity (Wildman–Crippen MR) is 95.4 cm³/mol. The van der Waals surface area contributed by atoms with Gasteiger partial charge in [0.15, 0.2) is 5.78 Å². The van der Waals surface area contributed by atoms with Crippen LogP contribution in [0.3, 0.4) is 0 Å². The van der Waals surface area contributed by atoms with Crippen LogP contribution in [0.15, 0.2) is 30.3 Å². The van der Waals surface area contributed by atoms with Gasteiger partial charge in [0.2, 0.25) is 0 Å². The van der Waals surface area contributed by atoms with Gasteiger partial charge in [0.05, 0.1) is 12.7 Å². The van der Waals surface area contributed by atoms with Gasteiger partial charge in [-0.05, 0) is 40.2 Å². The van der Waals surface area contributed by atoms with E-state index in [9.17, 15) is 9.59 Å². The Labute approximate surface area is 149 Å². The number of alkyl carbamates (subject to hydrolysis) is 1. The van der Waals surface area contributed by atoms with Gasteiger partial charge in [0, 0.05) is 6.61 Å². The average molecular weight is 351 g/mol. The predicted octanol–water partition coefficient (Wildman–Crippen LogP) is 3.09. The first-order valence-electron chi connectivity index (χ1n) is 8.48. The third-order valence-corrected chi connectivity index (χ3v) is 3.29. The van der Waals surface area contributed by atoms with Crippen molar-refractivity contribution in [2.75, 3.05) is 13.2 Å². The minimum Gasteiger partial charge on any atom is -0.444 e. The summed E-state index contributed by atoms with van der Waals surface area (Å²) in [4.78, 5) is 24.4. The van der Waals surface area contributed by atoms with Crippen molar-refractivity contribution in [2.24, 2.45) is 0 Å². The molecule has 0 saturated carbocycles. The van der Waals surface area contributed by atoms with Crippen LogP contribution in [0.2, 0.25) is 0 Å².